The van der Waals surface area contributed by atoms with E-state index in [0.29, 0.717) is 12.3 Å². The van der Waals surface area contributed by atoms with Crippen LogP contribution in [0.5, 0.6) is 0 Å². The van der Waals surface area contributed by atoms with Gasteiger partial charge < -0.3 is 4.90 Å². The quantitative estimate of drug-likeness (QED) is 0.428. The summed E-state index contributed by atoms with van der Waals surface area (Å²) in [5, 5.41) is 0. The predicted molar refractivity (Wildman–Crippen MR) is 73.3 cm³/mol. The Morgan fingerprint density at radius 1 is 1.41 bits per heavy atom. The van der Waals surface area contributed by atoms with Gasteiger partial charge in [0.05, 0.1) is 0 Å². The van der Waals surface area contributed by atoms with Crippen molar-refractivity contribution in [2.24, 2.45) is 5.41 Å². The van der Waals surface area contributed by atoms with Crippen molar-refractivity contribution in [1.82, 2.24) is 4.90 Å². The van der Waals surface area contributed by atoms with E-state index in [4.69, 9.17) is 11.6 Å². The minimum absolute atomic E-state index is 0.244. The Hall–Kier alpha value is -0.500. The first-order valence-corrected chi connectivity index (χ1v) is 7.02. The maximum Gasteiger partial charge on any atom is 0.222 e. The van der Waals surface area contributed by atoms with Crippen LogP contribution < -0.4 is 0 Å². The maximum atomic E-state index is 11.9. The van der Waals surface area contributed by atoms with Crippen LogP contribution in [0.25, 0.3) is 0 Å². The number of rotatable bonds is 4. The van der Waals surface area contributed by atoms with E-state index in [9.17, 15) is 4.79 Å². The van der Waals surface area contributed by atoms with Gasteiger partial charge in [-0.1, -0.05) is 32.4 Å². The van der Waals surface area contributed by atoms with Crippen LogP contribution in [-0.4, -0.2) is 29.8 Å². The lowest BCUT2D eigenvalue weighted by Gasteiger charge is -2.32. The van der Waals surface area contributed by atoms with Crippen LogP contribution in [0.4, 0.5) is 0 Å². The van der Waals surface area contributed by atoms with E-state index >= 15 is 0 Å². The van der Waals surface area contributed by atoms with E-state index in [1.165, 1.54) is 5.57 Å². The molecule has 17 heavy (non-hydrogen) atoms. The summed E-state index contributed by atoms with van der Waals surface area (Å²) in [6.07, 6.45) is 5.73. The molecule has 0 N–H and O–H groups in total. The number of amides is 1. The second-order valence-corrected chi connectivity index (χ2v) is 6.09. The molecule has 98 valence electrons. The molecule has 0 aromatic carbocycles. The molecule has 0 bridgehead atoms. The monoisotopic (exact) mass is 257 g/mol. The average molecular weight is 258 g/mol. The number of hydrogen-bond donors (Lipinski definition) is 0. The minimum atomic E-state index is 0.244. The molecule has 0 spiro atoms. The number of carbonyl (C=O) groups excluding carboxylic acids is 1. The minimum Gasteiger partial charge on any atom is -0.339 e. The normalized spacial score (nSPS) is 16.9. The Bertz CT molecular complexity index is 291. The van der Waals surface area contributed by atoms with Crippen LogP contribution in [0.1, 0.15) is 46.5 Å². The first kappa shape index (κ1) is 14.6. The van der Waals surface area contributed by atoms with Crippen LogP contribution in [0.3, 0.4) is 0 Å². The molecule has 1 amide bonds. The summed E-state index contributed by atoms with van der Waals surface area (Å²) in [5.41, 5.74) is 1.72. The van der Waals surface area contributed by atoms with Gasteiger partial charge in [0.25, 0.3) is 0 Å². The highest BCUT2D eigenvalue weighted by Crippen LogP contribution is 2.30. The zero-order valence-corrected chi connectivity index (χ0v) is 12.0. The van der Waals surface area contributed by atoms with Crippen molar-refractivity contribution in [2.75, 3.05) is 19.0 Å². The highest BCUT2D eigenvalue weighted by atomic mass is 35.5. The maximum absolute atomic E-state index is 11.9. The second kappa shape index (κ2) is 6.44. The molecule has 0 radical (unpaired) electrons. The highest BCUT2D eigenvalue weighted by Gasteiger charge is 2.23. The summed E-state index contributed by atoms with van der Waals surface area (Å²) < 4.78 is 0. The topological polar surface area (TPSA) is 20.3 Å². The van der Waals surface area contributed by atoms with Gasteiger partial charge in [-0.2, -0.15) is 0 Å². The van der Waals surface area contributed by atoms with Crippen LogP contribution >= 0.6 is 11.6 Å². The molecule has 1 heterocycles. The van der Waals surface area contributed by atoms with Crippen LogP contribution in [0, 0.1) is 5.41 Å². The molecular formula is C14H24ClNO. The zero-order chi connectivity index (χ0) is 12.9. The standard InChI is InChI=1S/C14H24ClNO/c1-14(2,3)12-7-10-16(11-8-12)13(17)6-4-5-9-15/h7H,4-6,8-11H2,1-3H3. The fourth-order valence-corrected chi connectivity index (χ4v) is 2.29. The van der Waals surface area contributed by atoms with Crippen molar-refractivity contribution in [3.05, 3.63) is 11.6 Å². The lowest BCUT2D eigenvalue weighted by Crippen LogP contribution is -2.36. The predicted octanol–water partition coefficient (Wildman–Crippen LogP) is 3.60. The van der Waals surface area contributed by atoms with Gasteiger partial charge in [-0.15, -0.1) is 11.6 Å². The molecule has 0 aromatic heterocycles. The lowest BCUT2D eigenvalue weighted by atomic mass is 9.83. The summed E-state index contributed by atoms with van der Waals surface area (Å²) in [7, 11) is 0. The van der Waals surface area contributed by atoms with Crippen molar-refractivity contribution >= 4 is 17.5 Å². The summed E-state index contributed by atoms with van der Waals surface area (Å²) >= 11 is 5.61. The molecule has 1 aliphatic heterocycles. The molecule has 0 atom stereocenters. The third-order valence-electron chi connectivity index (χ3n) is 3.30. The van der Waals surface area contributed by atoms with E-state index in [2.05, 4.69) is 26.8 Å². The van der Waals surface area contributed by atoms with E-state index in [1.54, 1.807) is 0 Å². The Balaban J connectivity index is 2.41. The molecule has 3 heteroatoms. The van der Waals surface area contributed by atoms with Gasteiger partial charge in [-0.25, -0.2) is 0 Å². The first-order valence-electron chi connectivity index (χ1n) is 6.48. The molecule has 0 aromatic rings. The number of nitrogens with zero attached hydrogens (tertiary/aromatic N) is 1. The fraction of sp³-hybridized carbons (Fsp3) is 0.786. The molecule has 0 saturated heterocycles. The van der Waals surface area contributed by atoms with Crippen LogP contribution in [0.15, 0.2) is 11.6 Å². The summed E-state index contributed by atoms with van der Waals surface area (Å²) in [6.45, 7) is 8.36. The largest absolute Gasteiger partial charge is 0.339 e. The van der Waals surface area contributed by atoms with Crippen LogP contribution in [-0.2, 0) is 4.79 Å². The number of hydrogen-bond acceptors (Lipinski definition) is 1. The Morgan fingerprint density at radius 3 is 2.59 bits per heavy atom. The van der Waals surface area contributed by atoms with Gasteiger partial charge >= 0.3 is 0 Å². The number of unbranched alkanes of at least 4 members (excludes halogenated alkanes) is 1. The van der Waals surface area contributed by atoms with Gasteiger partial charge in [0, 0.05) is 25.4 Å². The number of halogens is 1. The smallest absolute Gasteiger partial charge is 0.222 e. The van der Waals surface area contributed by atoms with Crippen molar-refractivity contribution < 1.29 is 4.79 Å². The van der Waals surface area contributed by atoms with Crippen molar-refractivity contribution in [2.45, 2.75) is 46.5 Å². The van der Waals surface area contributed by atoms with Gasteiger partial charge in [-0.3, -0.25) is 4.79 Å². The molecule has 0 aliphatic carbocycles. The molecular weight excluding hydrogens is 234 g/mol. The summed E-state index contributed by atoms with van der Waals surface area (Å²) in [5.74, 6) is 0.931. The molecule has 0 saturated carbocycles. The van der Waals surface area contributed by atoms with Gasteiger partial charge in [0.2, 0.25) is 5.91 Å². The van der Waals surface area contributed by atoms with Crippen LogP contribution in [0.2, 0.25) is 0 Å². The molecule has 1 rings (SSSR count). The van der Waals surface area contributed by atoms with E-state index in [-0.39, 0.29) is 11.3 Å². The first-order chi connectivity index (χ1) is 7.95. The fourth-order valence-electron chi connectivity index (χ4n) is 2.11. The van der Waals surface area contributed by atoms with Crippen molar-refractivity contribution in [1.29, 1.82) is 0 Å². The lowest BCUT2D eigenvalue weighted by molar-refractivity contribution is -0.131. The van der Waals surface area contributed by atoms with Crippen molar-refractivity contribution in [3.63, 3.8) is 0 Å². The molecule has 2 nitrogen and oxygen atoms in total. The molecule has 1 aliphatic rings. The second-order valence-electron chi connectivity index (χ2n) is 5.72. The highest BCUT2D eigenvalue weighted by molar-refractivity contribution is 6.17. The number of alkyl halides is 1. The van der Waals surface area contributed by atoms with E-state index < -0.39 is 0 Å². The van der Waals surface area contributed by atoms with E-state index in [0.717, 1.165) is 32.4 Å². The SMILES string of the molecule is CC(C)(C)C1=CCN(C(=O)CCCCCl)CC1. The summed E-state index contributed by atoms with van der Waals surface area (Å²) in [6, 6.07) is 0. The Labute approximate surface area is 110 Å². The molecule has 0 unspecified atom stereocenters. The van der Waals surface area contributed by atoms with Crippen molar-refractivity contribution in [3.8, 4) is 0 Å². The number of carbonyl (C=O) groups is 1. The summed E-state index contributed by atoms with van der Waals surface area (Å²) in [4.78, 5) is 13.8. The Kier molecular flexibility index (Phi) is 5.51. The van der Waals surface area contributed by atoms with E-state index in [1.807, 2.05) is 4.90 Å². The third-order valence-corrected chi connectivity index (χ3v) is 3.57. The molecule has 0 fully saturated rings. The van der Waals surface area contributed by atoms with Gasteiger partial charge in [0.15, 0.2) is 0 Å². The zero-order valence-electron chi connectivity index (χ0n) is 11.3. The van der Waals surface area contributed by atoms with Gasteiger partial charge in [-0.05, 0) is 24.7 Å². The third kappa shape index (κ3) is 4.71. The average Bonchev–Trinajstić information content (AvgIpc) is 2.28. The van der Waals surface area contributed by atoms with Gasteiger partial charge in [0.1, 0.15) is 0 Å². The Morgan fingerprint density at radius 2 is 2.12 bits per heavy atom.